The molecule has 17 heavy (non-hydrogen) atoms. The van der Waals surface area contributed by atoms with Gasteiger partial charge in [-0.05, 0) is 31.0 Å². The molecular formula is C14H21NO2. The topological polar surface area (TPSA) is 32.7 Å². The lowest BCUT2D eigenvalue weighted by molar-refractivity contribution is 0.0384. The lowest BCUT2D eigenvalue weighted by atomic mass is 10.1. The van der Waals surface area contributed by atoms with Gasteiger partial charge in [0, 0.05) is 18.8 Å². The molecule has 1 saturated heterocycles. The Kier molecular flexibility index (Phi) is 4.02. The van der Waals surface area contributed by atoms with Gasteiger partial charge in [-0.15, -0.1) is 0 Å². The molecule has 0 aromatic heterocycles. The van der Waals surface area contributed by atoms with Crippen molar-refractivity contribution in [2.75, 3.05) is 24.6 Å². The van der Waals surface area contributed by atoms with Crippen molar-refractivity contribution in [3.8, 4) is 0 Å². The molecule has 3 nitrogen and oxygen atoms in total. The molecule has 1 aliphatic heterocycles. The number of rotatable bonds is 3. The third kappa shape index (κ3) is 2.99. The highest BCUT2D eigenvalue weighted by molar-refractivity contribution is 5.48. The van der Waals surface area contributed by atoms with Crippen LogP contribution in [0, 0.1) is 0 Å². The van der Waals surface area contributed by atoms with Crippen LogP contribution in [0.25, 0.3) is 0 Å². The second-order valence-electron chi connectivity index (χ2n) is 4.61. The van der Waals surface area contributed by atoms with E-state index in [1.54, 1.807) is 6.92 Å². The van der Waals surface area contributed by atoms with Crippen molar-refractivity contribution < 1.29 is 9.84 Å². The van der Waals surface area contributed by atoms with E-state index < -0.39 is 6.10 Å². The average molecular weight is 235 g/mol. The van der Waals surface area contributed by atoms with E-state index in [1.807, 2.05) is 12.1 Å². The molecule has 0 bridgehead atoms. The molecule has 2 unspecified atom stereocenters. The smallest absolute Gasteiger partial charge is 0.0761 e. The maximum absolute atomic E-state index is 9.47. The summed E-state index contributed by atoms with van der Waals surface area (Å²) in [6, 6.07) is 8.16. The molecule has 1 fully saturated rings. The summed E-state index contributed by atoms with van der Waals surface area (Å²) in [5.74, 6) is 0. The van der Waals surface area contributed by atoms with Gasteiger partial charge in [0.05, 0.1) is 18.8 Å². The van der Waals surface area contributed by atoms with E-state index in [4.69, 9.17) is 4.74 Å². The first-order valence-electron chi connectivity index (χ1n) is 6.35. The fourth-order valence-corrected chi connectivity index (χ4v) is 2.16. The predicted octanol–water partition coefficient (Wildman–Crippen LogP) is 2.36. The monoisotopic (exact) mass is 235 g/mol. The van der Waals surface area contributed by atoms with Gasteiger partial charge in [-0.1, -0.05) is 19.1 Å². The van der Waals surface area contributed by atoms with Gasteiger partial charge < -0.3 is 14.7 Å². The fraction of sp³-hybridized carbons (Fsp3) is 0.571. The molecule has 0 spiro atoms. The molecule has 0 saturated carbocycles. The van der Waals surface area contributed by atoms with Crippen LogP contribution in [0.4, 0.5) is 5.69 Å². The number of nitrogens with zero attached hydrogens (tertiary/aromatic N) is 1. The molecule has 1 aromatic rings. The lowest BCUT2D eigenvalue weighted by Gasteiger charge is -2.34. The second-order valence-corrected chi connectivity index (χ2v) is 4.61. The largest absolute Gasteiger partial charge is 0.389 e. The van der Waals surface area contributed by atoms with E-state index in [9.17, 15) is 5.11 Å². The highest BCUT2D eigenvalue weighted by Crippen LogP contribution is 2.21. The molecular weight excluding hydrogens is 214 g/mol. The predicted molar refractivity (Wildman–Crippen MR) is 69.3 cm³/mol. The quantitative estimate of drug-likeness (QED) is 0.873. The van der Waals surface area contributed by atoms with Gasteiger partial charge in [0.15, 0.2) is 0 Å². The Morgan fingerprint density at radius 1 is 1.41 bits per heavy atom. The zero-order valence-corrected chi connectivity index (χ0v) is 10.6. The molecule has 0 aliphatic carbocycles. The van der Waals surface area contributed by atoms with E-state index in [2.05, 4.69) is 24.0 Å². The van der Waals surface area contributed by atoms with Crippen LogP contribution in [0.2, 0.25) is 0 Å². The molecule has 0 amide bonds. The van der Waals surface area contributed by atoms with Crippen LogP contribution in [0.15, 0.2) is 24.3 Å². The van der Waals surface area contributed by atoms with Gasteiger partial charge in [0.25, 0.3) is 0 Å². The van der Waals surface area contributed by atoms with Crippen molar-refractivity contribution in [2.24, 2.45) is 0 Å². The number of hydrogen-bond donors (Lipinski definition) is 1. The van der Waals surface area contributed by atoms with Gasteiger partial charge in [-0.3, -0.25) is 0 Å². The third-order valence-corrected chi connectivity index (χ3v) is 3.33. The number of morpholine rings is 1. The molecule has 1 heterocycles. The molecule has 3 heteroatoms. The SMILES string of the molecule is CCC1CN(c2ccc(C(C)O)cc2)CCO1. The molecule has 2 rings (SSSR count). The van der Waals surface area contributed by atoms with E-state index in [1.165, 1.54) is 5.69 Å². The average Bonchev–Trinajstić information content (AvgIpc) is 2.39. The lowest BCUT2D eigenvalue weighted by Crippen LogP contribution is -2.42. The summed E-state index contributed by atoms with van der Waals surface area (Å²) in [4.78, 5) is 2.35. The van der Waals surface area contributed by atoms with E-state index in [0.29, 0.717) is 6.10 Å². The Balaban J connectivity index is 2.06. The van der Waals surface area contributed by atoms with Crippen LogP contribution < -0.4 is 4.90 Å². The molecule has 1 aromatic carbocycles. The number of aliphatic hydroxyl groups excluding tert-OH is 1. The minimum atomic E-state index is -0.392. The maximum Gasteiger partial charge on any atom is 0.0761 e. The van der Waals surface area contributed by atoms with Crippen LogP contribution in [0.3, 0.4) is 0 Å². The third-order valence-electron chi connectivity index (χ3n) is 3.33. The summed E-state index contributed by atoms with van der Waals surface area (Å²) in [5.41, 5.74) is 2.19. The first-order valence-corrected chi connectivity index (χ1v) is 6.35. The van der Waals surface area contributed by atoms with Crippen LogP contribution in [-0.2, 0) is 4.74 Å². The highest BCUT2D eigenvalue weighted by atomic mass is 16.5. The molecule has 94 valence electrons. The summed E-state index contributed by atoms with van der Waals surface area (Å²) < 4.78 is 5.66. The Hall–Kier alpha value is -1.06. The van der Waals surface area contributed by atoms with Gasteiger partial charge in [0.1, 0.15) is 0 Å². The van der Waals surface area contributed by atoms with Crippen LogP contribution >= 0.6 is 0 Å². The summed E-state index contributed by atoms with van der Waals surface area (Å²) >= 11 is 0. The van der Waals surface area contributed by atoms with Gasteiger partial charge in [-0.25, -0.2) is 0 Å². The summed E-state index contributed by atoms with van der Waals surface area (Å²) in [6.45, 7) is 6.66. The summed E-state index contributed by atoms with van der Waals surface area (Å²) in [7, 11) is 0. The molecule has 0 radical (unpaired) electrons. The molecule has 1 aliphatic rings. The Morgan fingerprint density at radius 2 is 2.12 bits per heavy atom. The van der Waals surface area contributed by atoms with Crippen LogP contribution in [0.5, 0.6) is 0 Å². The van der Waals surface area contributed by atoms with Crippen LogP contribution in [-0.4, -0.2) is 30.9 Å². The first-order chi connectivity index (χ1) is 8.20. The first kappa shape index (κ1) is 12.4. The number of hydrogen-bond acceptors (Lipinski definition) is 3. The fourth-order valence-electron chi connectivity index (χ4n) is 2.16. The number of aliphatic hydroxyl groups is 1. The van der Waals surface area contributed by atoms with Crippen molar-refractivity contribution in [3.63, 3.8) is 0 Å². The number of benzene rings is 1. The zero-order valence-electron chi connectivity index (χ0n) is 10.6. The van der Waals surface area contributed by atoms with Gasteiger partial charge in [0.2, 0.25) is 0 Å². The Morgan fingerprint density at radius 3 is 2.71 bits per heavy atom. The summed E-state index contributed by atoms with van der Waals surface area (Å²) in [5, 5.41) is 9.47. The molecule has 1 N–H and O–H groups in total. The van der Waals surface area contributed by atoms with E-state index in [0.717, 1.165) is 31.7 Å². The van der Waals surface area contributed by atoms with Crippen molar-refractivity contribution in [1.82, 2.24) is 0 Å². The molecule has 2 atom stereocenters. The minimum Gasteiger partial charge on any atom is -0.389 e. The van der Waals surface area contributed by atoms with Crippen LogP contribution in [0.1, 0.15) is 31.9 Å². The normalized spacial score (nSPS) is 22.5. The number of ether oxygens (including phenoxy) is 1. The zero-order chi connectivity index (χ0) is 12.3. The Labute approximate surface area is 103 Å². The van der Waals surface area contributed by atoms with Crippen molar-refractivity contribution in [3.05, 3.63) is 29.8 Å². The minimum absolute atomic E-state index is 0.347. The van der Waals surface area contributed by atoms with Crippen molar-refractivity contribution >= 4 is 5.69 Å². The van der Waals surface area contributed by atoms with E-state index in [-0.39, 0.29) is 0 Å². The van der Waals surface area contributed by atoms with Crippen molar-refractivity contribution in [1.29, 1.82) is 0 Å². The van der Waals surface area contributed by atoms with Gasteiger partial charge >= 0.3 is 0 Å². The standard InChI is InChI=1S/C14H21NO2/c1-3-14-10-15(8-9-17-14)13-6-4-12(5-7-13)11(2)16/h4-7,11,14,16H,3,8-10H2,1-2H3. The summed E-state index contributed by atoms with van der Waals surface area (Å²) in [6.07, 6.45) is 1.01. The van der Waals surface area contributed by atoms with E-state index >= 15 is 0 Å². The second kappa shape index (κ2) is 5.52. The maximum atomic E-state index is 9.47. The highest BCUT2D eigenvalue weighted by Gasteiger charge is 2.19. The van der Waals surface area contributed by atoms with Gasteiger partial charge in [-0.2, -0.15) is 0 Å². The van der Waals surface area contributed by atoms with Crippen molar-refractivity contribution in [2.45, 2.75) is 32.5 Å². The number of anilines is 1. The Bertz CT molecular complexity index is 348.